The minimum atomic E-state index is -3.72. The standard InChI is InChI=1S/C18H21NO7S2/c1-18(2)25-16(21)12(17(22)26-18)8-11-28(27(3,23)24)10-5-7-14(28)15(20)13-6-4-9-19-13/h4-7,9-10,12,19H,8,11H2,1-3H3. The van der Waals surface area contributed by atoms with E-state index in [9.17, 15) is 22.8 Å². The lowest BCUT2D eigenvalue weighted by atomic mass is 10.1. The normalized spacial score (nSPS) is 26.9. The van der Waals surface area contributed by atoms with Gasteiger partial charge in [-0.2, -0.15) is 0 Å². The quantitative estimate of drug-likeness (QED) is 0.320. The van der Waals surface area contributed by atoms with E-state index in [1.165, 1.54) is 31.4 Å². The first-order valence-corrected chi connectivity index (χ1v) is 12.8. The van der Waals surface area contributed by atoms with Crippen molar-refractivity contribution in [2.24, 2.45) is 5.92 Å². The van der Waals surface area contributed by atoms with Crippen LogP contribution in [0.5, 0.6) is 0 Å². The molecule has 0 aromatic carbocycles. The van der Waals surface area contributed by atoms with Crippen LogP contribution >= 0.6 is 9.06 Å². The van der Waals surface area contributed by atoms with E-state index in [1.807, 2.05) is 0 Å². The van der Waals surface area contributed by atoms with Gasteiger partial charge in [0, 0.05) is 26.3 Å². The Kier molecular flexibility index (Phi) is 5.05. The Morgan fingerprint density at radius 1 is 1.25 bits per heavy atom. The number of hydrogen-bond acceptors (Lipinski definition) is 7. The van der Waals surface area contributed by atoms with Crippen LogP contribution in [0.1, 0.15) is 30.8 Å². The highest BCUT2D eigenvalue weighted by atomic mass is 33.2. The van der Waals surface area contributed by atoms with Gasteiger partial charge in [-0.25, -0.2) is 8.42 Å². The Balaban J connectivity index is 1.89. The van der Waals surface area contributed by atoms with Crippen molar-refractivity contribution in [3.63, 3.8) is 0 Å². The Labute approximate surface area is 163 Å². The fraction of sp³-hybridized carbons (Fsp3) is 0.389. The molecular weight excluding hydrogens is 406 g/mol. The number of H-pyrrole nitrogens is 1. The Morgan fingerprint density at radius 2 is 1.89 bits per heavy atom. The van der Waals surface area contributed by atoms with Crippen molar-refractivity contribution in [2.75, 3.05) is 12.0 Å². The van der Waals surface area contributed by atoms with Crippen molar-refractivity contribution >= 4 is 35.7 Å². The van der Waals surface area contributed by atoms with E-state index in [0.29, 0.717) is 0 Å². The van der Waals surface area contributed by atoms with Crippen LogP contribution in [0.15, 0.2) is 40.8 Å². The number of carbonyl (C=O) groups is 3. The Hall–Kier alpha value is -2.33. The van der Waals surface area contributed by atoms with E-state index in [-0.39, 0.29) is 22.8 Å². The Bertz CT molecular complexity index is 969. The minimum Gasteiger partial charge on any atom is -0.422 e. The third-order valence-electron chi connectivity index (χ3n) is 4.50. The summed E-state index contributed by atoms with van der Waals surface area (Å²) < 4.78 is 35.7. The predicted molar refractivity (Wildman–Crippen MR) is 104 cm³/mol. The molecule has 10 heteroatoms. The van der Waals surface area contributed by atoms with Crippen molar-refractivity contribution in [2.45, 2.75) is 26.1 Å². The third kappa shape index (κ3) is 3.53. The summed E-state index contributed by atoms with van der Waals surface area (Å²) in [6.45, 7) is 2.88. The molecule has 28 heavy (non-hydrogen) atoms. The SMILES string of the molecule is CC1(C)OC(=O)C(CCS2(S(C)(=O)=O)C=CC=C2C(=O)c2ccc[nH]2)C(=O)O1. The summed E-state index contributed by atoms with van der Waals surface area (Å²) in [5, 5.41) is 1.50. The molecule has 1 N–H and O–H groups in total. The zero-order valence-electron chi connectivity index (χ0n) is 15.6. The van der Waals surface area contributed by atoms with Crippen LogP contribution in [0.4, 0.5) is 0 Å². The molecule has 1 aromatic rings. The number of Topliss-reactive ketones (excluding diaryl/α,β-unsaturated/α-hetero) is 1. The van der Waals surface area contributed by atoms with Gasteiger partial charge in [-0.05, 0) is 35.8 Å². The third-order valence-corrected chi connectivity index (χ3v) is 12.7. The molecule has 2 aliphatic rings. The highest BCUT2D eigenvalue weighted by Gasteiger charge is 2.47. The van der Waals surface area contributed by atoms with Crippen LogP contribution in [0, 0.1) is 5.92 Å². The summed E-state index contributed by atoms with van der Waals surface area (Å²) in [7, 11) is -6.47. The summed E-state index contributed by atoms with van der Waals surface area (Å²) in [6.07, 6.45) is 5.56. The number of aromatic nitrogens is 1. The highest BCUT2D eigenvalue weighted by molar-refractivity contribution is 8.93. The van der Waals surface area contributed by atoms with Crippen LogP contribution < -0.4 is 0 Å². The predicted octanol–water partition coefficient (Wildman–Crippen LogP) is 2.22. The Morgan fingerprint density at radius 3 is 2.43 bits per heavy atom. The lowest BCUT2D eigenvalue weighted by Gasteiger charge is -2.37. The minimum absolute atomic E-state index is 0.0596. The molecule has 0 amide bonds. The second kappa shape index (κ2) is 6.93. The van der Waals surface area contributed by atoms with Crippen LogP contribution in [0.2, 0.25) is 0 Å². The topological polar surface area (TPSA) is 120 Å². The first-order valence-electron chi connectivity index (χ1n) is 8.50. The van der Waals surface area contributed by atoms with Crippen LogP contribution in [0.25, 0.3) is 0 Å². The summed E-state index contributed by atoms with van der Waals surface area (Å²) >= 11 is 0. The second-order valence-electron chi connectivity index (χ2n) is 6.99. The fourth-order valence-electron chi connectivity index (χ4n) is 3.14. The van der Waals surface area contributed by atoms with Gasteiger partial charge in [0.15, 0.2) is 14.8 Å². The summed E-state index contributed by atoms with van der Waals surface area (Å²) in [5.41, 5.74) is 0.272. The summed E-state index contributed by atoms with van der Waals surface area (Å²) in [5.74, 6) is -4.58. The number of rotatable bonds is 6. The average Bonchev–Trinajstić information content (AvgIpc) is 3.22. The number of ketones is 1. The number of ether oxygens (including phenoxy) is 2. The van der Waals surface area contributed by atoms with Gasteiger partial charge >= 0.3 is 11.9 Å². The molecule has 1 fully saturated rings. The molecule has 2 aliphatic heterocycles. The number of cyclic esters (lactones) is 2. The smallest absolute Gasteiger partial charge is 0.323 e. The van der Waals surface area contributed by atoms with Crippen molar-refractivity contribution in [1.82, 2.24) is 4.98 Å². The molecule has 152 valence electrons. The van der Waals surface area contributed by atoms with E-state index < -0.39 is 47.4 Å². The van der Waals surface area contributed by atoms with Crippen molar-refractivity contribution in [1.29, 1.82) is 0 Å². The molecule has 3 rings (SSSR count). The highest BCUT2D eigenvalue weighted by Crippen LogP contribution is 2.65. The van der Waals surface area contributed by atoms with Gasteiger partial charge in [0.1, 0.15) is 0 Å². The molecule has 1 unspecified atom stereocenters. The van der Waals surface area contributed by atoms with Crippen LogP contribution in [-0.2, 0) is 27.9 Å². The molecule has 0 aliphatic carbocycles. The maximum absolute atomic E-state index is 12.9. The lowest BCUT2D eigenvalue weighted by molar-refractivity contribution is -0.239. The first-order chi connectivity index (χ1) is 13.0. The van der Waals surface area contributed by atoms with Gasteiger partial charge in [0.25, 0.3) is 5.79 Å². The summed E-state index contributed by atoms with van der Waals surface area (Å²) in [6, 6.07) is 3.20. The molecule has 0 saturated carbocycles. The van der Waals surface area contributed by atoms with Gasteiger partial charge in [0.05, 0.1) is 10.6 Å². The number of aromatic amines is 1. The zero-order chi connectivity index (χ0) is 20.7. The van der Waals surface area contributed by atoms with Gasteiger partial charge in [0.2, 0.25) is 5.78 Å². The maximum Gasteiger partial charge on any atom is 0.323 e. The zero-order valence-corrected chi connectivity index (χ0v) is 17.3. The molecule has 1 atom stereocenters. The van der Waals surface area contributed by atoms with Crippen molar-refractivity contribution in [3.05, 3.63) is 46.5 Å². The maximum atomic E-state index is 12.9. The largest absolute Gasteiger partial charge is 0.422 e. The molecule has 1 saturated heterocycles. The van der Waals surface area contributed by atoms with E-state index in [1.54, 1.807) is 18.3 Å². The first kappa shape index (κ1) is 20.4. The monoisotopic (exact) mass is 427 g/mol. The molecule has 0 radical (unpaired) electrons. The fourth-order valence-corrected chi connectivity index (χ4v) is 9.50. The lowest BCUT2D eigenvalue weighted by Crippen LogP contribution is -2.46. The second-order valence-corrected chi connectivity index (χ2v) is 14.6. The van der Waals surface area contributed by atoms with Crippen LogP contribution in [0.3, 0.4) is 0 Å². The average molecular weight is 428 g/mol. The molecular formula is C18H21NO7S2. The van der Waals surface area contributed by atoms with E-state index in [0.717, 1.165) is 6.26 Å². The summed E-state index contributed by atoms with van der Waals surface area (Å²) in [4.78, 5) is 40.2. The van der Waals surface area contributed by atoms with E-state index in [4.69, 9.17) is 9.47 Å². The number of allylic oxidation sites excluding steroid dienone is 3. The van der Waals surface area contributed by atoms with Gasteiger partial charge < -0.3 is 14.5 Å². The number of nitrogens with one attached hydrogen (secondary N) is 1. The molecule has 3 heterocycles. The number of hydrogen-bond donors (Lipinski definition) is 1. The van der Waals surface area contributed by atoms with Crippen LogP contribution in [-0.4, -0.2) is 48.9 Å². The van der Waals surface area contributed by atoms with Gasteiger partial charge in [-0.3, -0.25) is 14.4 Å². The van der Waals surface area contributed by atoms with Crippen molar-refractivity contribution in [3.8, 4) is 0 Å². The molecule has 1 aromatic heterocycles. The van der Waals surface area contributed by atoms with E-state index in [2.05, 4.69) is 4.98 Å². The number of carbonyl (C=O) groups excluding carboxylic acids is 3. The number of esters is 2. The van der Waals surface area contributed by atoms with Gasteiger partial charge in [-0.15, -0.1) is 0 Å². The van der Waals surface area contributed by atoms with E-state index >= 15 is 0 Å². The molecule has 8 nitrogen and oxygen atoms in total. The molecule has 0 spiro atoms. The molecule has 0 bridgehead atoms. The van der Waals surface area contributed by atoms with Gasteiger partial charge in [-0.1, -0.05) is 15.1 Å². The van der Waals surface area contributed by atoms with Crippen molar-refractivity contribution < 1.29 is 32.3 Å².